The zero-order valence-electron chi connectivity index (χ0n) is 23.1. The van der Waals surface area contributed by atoms with Crippen molar-refractivity contribution in [1.29, 1.82) is 0 Å². The Morgan fingerprint density at radius 1 is 0.650 bits per heavy atom. The summed E-state index contributed by atoms with van der Waals surface area (Å²) in [6.07, 6.45) is 0.451. The number of para-hydroxylation sites is 1. The molecule has 0 aromatic heterocycles. The third-order valence-electron chi connectivity index (χ3n) is 7.54. The molecule has 0 radical (unpaired) electrons. The van der Waals surface area contributed by atoms with Gasteiger partial charge in [-0.15, -0.1) is 0 Å². The Balaban J connectivity index is 1.48. The van der Waals surface area contributed by atoms with Gasteiger partial charge in [0, 0.05) is 48.2 Å². The van der Waals surface area contributed by atoms with Crippen molar-refractivity contribution in [3.63, 3.8) is 0 Å². The van der Waals surface area contributed by atoms with E-state index in [2.05, 4.69) is 0 Å². The molecule has 10 heteroatoms. The fourth-order valence-electron chi connectivity index (χ4n) is 5.32. The quantitative estimate of drug-likeness (QED) is 0.389. The van der Waals surface area contributed by atoms with Gasteiger partial charge in [-0.25, -0.2) is 16.8 Å². The van der Waals surface area contributed by atoms with Crippen LogP contribution in [0.1, 0.15) is 39.7 Å². The lowest BCUT2D eigenvalue weighted by Gasteiger charge is -2.40. The van der Waals surface area contributed by atoms with Crippen LogP contribution in [0.15, 0.2) is 105 Å². The van der Waals surface area contributed by atoms with Crippen LogP contribution in [-0.4, -0.2) is 52.2 Å². The second-order valence-electron chi connectivity index (χ2n) is 11.5. The van der Waals surface area contributed by atoms with Crippen molar-refractivity contribution in [2.24, 2.45) is 21.0 Å². The van der Waals surface area contributed by atoms with Gasteiger partial charge >= 0.3 is 0 Å². The Kier molecular flexibility index (Phi) is 7.22. The molecule has 1 fully saturated rings. The highest BCUT2D eigenvalue weighted by atomic mass is 32.2. The van der Waals surface area contributed by atoms with E-state index in [9.17, 15) is 16.8 Å². The molecule has 0 N–H and O–H groups in total. The van der Waals surface area contributed by atoms with E-state index in [1.165, 1.54) is 8.61 Å². The van der Waals surface area contributed by atoms with E-state index >= 15 is 0 Å². The van der Waals surface area contributed by atoms with Crippen molar-refractivity contribution in [1.82, 2.24) is 4.31 Å². The predicted molar refractivity (Wildman–Crippen MR) is 159 cm³/mol. The summed E-state index contributed by atoms with van der Waals surface area (Å²) in [5, 5.41) is 9.45. The first-order valence-corrected chi connectivity index (χ1v) is 16.1. The fraction of sp³-hybridized carbons (Fsp3) is 0.333. The van der Waals surface area contributed by atoms with Gasteiger partial charge in [0.15, 0.2) is 0 Å². The molecule has 2 aliphatic heterocycles. The largest absolute Gasteiger partial charge is 0.265 e. The van der Waals surface area contributed by atoms with Crippen molar-refractivity contribution in [2.75, 3.05) is 23.9 Å². The third-order valence-corrected chi connectivity index (χ3v) is 11.2. The van der Waals surface area contributed by atoms with Crippen LogP contribution < -0.4 is 4.31 Å². The zero-order valence-corrected chi connectivity index (χ0v) is 24.8. The van der Waals surface area contributed by atoms with Gasteiger partial charge in [0.05, 0.1) is 21.2 Å². The number of piperidine rings is 1. The van der Waals surface area contributed by atoms with E-state index in [4.69, 9.17) is 10.2 Å². The Labute approximate surface area is 237 Å². The Morgan fingerprint density at radius 2 is 1.20 bits per heavy atom. The van der Waals surface area contributed by atoms with Crippen molar-refractivity contribution in [3.05, 3.63) is 90.5 Å². The lowest BCUT2D eigenvalue weighted by Crippen LogP contribution is -2.49. The molecule has 0 amide bonds. The van der Waals surface area contributed by atoms with Crippen LogP contribution in [0.25, 0.3) is 0 Å². The normalized spacial score (nSPS) is 21.4. The number of hydrogen-bond donors (Lipinski definition) is 0. The summed E-state index contributed by atoms with van der Waals surface area (Å²) in [6, 6.07) is 24.3. The van der Waals surface area contributed by atoms with Gasteiger partial charge in [-0.2, -0.15) is 14.5 Å². The maximum atomic E-state index is 13.7. The van der Waals surface area contributed by atoms with Crippen molar-refractivity contribution < 1.29 is 16.8 Å². The van der Waals surface area contributed by atoms with Gasteiger partial charge < -0.3 is 0 Å². The van der Waals surface area contributed by atoms with Crippen LogP contribution in [0.2, 0.25) is 0 Å². The van der Waals surface area contributed by atoms with E-state index < -0.39 is 30.9 Å². The van der Waals surface area contributed by atoms with Crippen LogP contribution in [0.4, 0.5) is 5.69 Å². The summed E-state index contributed by atoms with van der Waals surface area (Å²) in [5.41, 5.74) is 1.61. The number of rotatable bonds is 5. The van der Waals surface area contributed by atoms with Crippen LogP contribution in [0, 0.1) is 10.8 Å². The predicted octanol–water partition coefficient (Wildman–Crippen LogP) is 5.19. The van der Waals surface area contributed by atoms with Gasteiger partial charge in [-0.3, -0.25) is 4.31 Å². The van der Waals surface area contributed by atoms with E-state index in [0.29, 0.717) is 29.9 Å². The first-order chi connectivity index (χ1) is 18.8. The highest BCUT2D eigenvalue weighted by molar-refractivity contribution is 7.92. The summed E-state index contributed by atoms with van der Waals surface area (Å²) in [5.74, 6) is 0. The summed E-state index contributed by atoms with van der Waals surface area (Å²) in [6.45, 7) is 8.70. The first kappa shape index (κ1) is 28.2. The van der Waals surface area contributed by atoms with Gasteiger partial charge in [0.1, 0.15) is 0 Å². The summed E-state index contributed by atoms with van der Waals surface area (Å²) < 4.78 is 56.7. The van der Waals surface area contributed by atoms with Gasteiger partial charge in [0.2, 0.25) is 10.0 Å². The van der Waals surface area contributed by atoms with Crippen LogP contribution >= 0.6 is 0 Å². The average Bonchev–Trinajstić information content (AvgIpc) is 2.93. The third kappa shape index (κ3) is 5.11. The maximum absolute atomic E-state index is 13.7. The van der Waals surface area contributed by atoms with E-state index in [1.807, 2.05) is 45.9 Å². The Bertz CT molecular complexity index is 1680. The molecule has 0 unspecified atom stereocenters. The molecule has 0 bridgehead atoms. The van der Waals surface area contributed by atoms with Gasteiger partial charge in [-0.05, 0) is 30.3 Å². The van der Waals surface area contributed by atoms with E-state index in [0.717, 1.165) is 5.71 Å². The average molecular weight is 579 g/mol. The summed E-state index contributed by atoms with van der Waals surface area (Å²) >= 11 is 0. The molecule has 40 heavy (non-hydrogen) atoms. The maximum Gasteiger partial charge on any atom is 0.264 e. The molecule has 0 saturated carbocycles. The SMILES string of the molecule is CC1(C)CN(S(=O)(=O)c2ccccc2)c2ccccc2/C1=N\N=C1/CCN(S(=O)(=O)c2ccccc2)CC1(C)C. The molecule has 2 heterocycles. The number of anilines is 1. The number of nitrogens with zero attached hydrogens (tertiary/aromatic N) is 4. The molecular formula is C30H34N4O4S2. The van der Waals surface area contributed by atoms with Gasteiger partial charge in [0.25, 0.3) is 10.0 Å². The summed E-state index contributed by atoms with van der Waals surface area (Å²) in [7, 11) is -7.40. The number of hydrogen-bond acceptors (Lipinski definition) is 6. The molecule has 1 saturated heterocycles. The number of sulfonamides is 2. The Hall–Kier alpha value is -3.34. The van der Waals surface area contributed by atoms with Crippen molar-refractivity contribution >= 4 is 37.2 Å². The minimum absolute atomic E-state index is 0.206. The van der Waals surface area contributed by atoms with Crippen LogP contribution in [0.5, 0.6) is 0 Å². The lowest BCUT2D eigenvalue weighted by atomic mass is 9.80. The molecule has 3 aromatic rings. The van der Waals surface area contributed by atoms with Crippen LogP contribution in [0.3, 0.4) is 0 Å². The molecule has 0 spiro atoms. The van der Waals surface area contributed by atoms with Crippen molar-refractivity contribution in [2.45, 2.75) is 43.9 Å². The number of fused-ring (bicyclic) bond motifs is 1. The van der Waals surface area contributed by atoms with E-state index in [1.54, 1.807) is 66.7 Å². The molecule has 210 valence electrons. The highest BCUT2D eigenvalue weighted by Crippen LogP contribution is 2.40. The number of benzene rings is 3. The molecule has 5 rings (SSSR count). The second-order valence-corrected chi connectivity index (χ2v) is 15.3. The Morgan fingerprint density at radius 3 is 1.80 bits per heavy atom. The smallest absolute Gasteiger partial charge is 0.264 e. The zero-order chi connectivity index (χ0) is 28.8. The molecule has 0 aliphatic carbocycles. The summed E-state index contributed by atoms with van der Waals surface area (Å²) in [4.78, 5) is 0.516. The standard InChI is InChI=1S/C30H34N4O4S2/c1-29(2)21-33(39(35,36)23-13-7-5-8-14-23)20-19-27(29)31-32-28-25-17-11-12-18-26(25)34(22-30(28,3)4)40(37,38)24-15-9-6-10-16-24/h5-18H,19-22H2,1-4H3/b31-27+,32-28+. The fourth-order valence-corrected chi connectivity index (χ4v) is 8.61. The molecule has 2 aliphatic rings. The minimum atomic E-state index is -3.79. The molecule has 8 nitrogen and oxygen atoms in total. The van der Waals surface area contributed by atoms with E-state index in [-0.39, 0.29) is 22.9 Å². The monoisotopic (exact) mass is 578 g/mol. The molecule has 3 aromatic carbocycles. The second kappa shape index (κ2) is 10.2. The molecular weight excluding hydrogens is 544 g/mol. The topological polar surface area (TPSA) is 99.5 Å². The minimum Gasteiger partial charge on any atom is -0.265 e. The van der Waals surface area contributed by atoms with Gasteiger partial charge in [-0.1, -0.05) is 82.3 Å². The van der Waals surface area contributed by atoms with Crippen molar-refractivity contribution in [3.8, 4) is 0 Å². The lowest BCUT2D eigenvalue weighted by molar-refractivity contribution is 0.302. The van der Waals surface area contributed by atoms with Crippen LogP contribution in [-0.2, 0) is 20.0 Å². The molecule has 0 atom stereocenters. The first-order valence-electron chi connectivity index (χ1n) is 13.2. The highest BCUT2D eigenvalue weighted by Gasteiger charge is 2.42.